The molecule has 0 fully saturated rings. The third-order valence-electron chi connectivity index (χ3n) is 4.12. The van der Waals surface area contributed by atoms with Gasteiger partial charge < -0.3 is 14.5 Å². The van der Waals surface area contributed by atoms with Crippen molar-refractivity contribution in [2.45, 2.75) is 32.1 Å². The van der Waals surface area contributed by atoms with Crippen molar-refractivity contribution in [2.75, 3.05) is 13.2 Å². The summed E-state index contributed by atoms with van der Waals surface area (Å²) in [6, 6.07) is 8.23. The second-order valence-electron chi connectivity index (χ2n) is 5.95. The maximum atomic E-state index is 11.8. The highest BCUT2D eigenvalue weighted by Gasteiger charge is 2.07. The SMILES string of the molecule is O=C(COc1ccc2ccc(=O)oc2c1)NCCC1=CCCCC1. The highest BCUT2D eigenvalue weighted by molar-refractivity contribution is 5.79. The molecule has 1 aromatic heterocycles. The van der Waals surface area contributed by atoms with Crippen molar-refractivity contribution in [2.24, 2.45) is 0 Å². The number of fused-ring (bicyclic) bond motifs is 1. The van der Waals surface area contributed by atoms with Gasteiger partial charge in [0.05, 0.1) is 0 Å². The zero-order chi connectivity index (χ0) is 16.8. The summed E-state index contributed by atoms with van der Waals surface area (Å²) in [5.41, 5.74) is 1.48. The summed E-state index contributed by atoms with van der Waals surface area (Å²) < 4.78 is 10.6. The fourth-order valence-electron chi connectivity index (χ4n) is 2.82. The lowest BCUT2D eigenvalue weighted by molar-refractivity contribution is -0.123. The van der Waals surface area contributed by atoms with E-state index in [-0.39, 0.29) is 12.5 Å². The number of hydrogen-bond donors (Lipinski definition) is 1. The van der Waals surface area contributed by atoms with E-state index in [2.05, 4.69) is 11.4 Å². The molecule has 0 saturated heterocycles. The van der Waals surface area contributed by atoms with Crippen LogP contribution in [0.25, 0.3) is 11.0 Å². The van der Waals surface area contributed by atoms with Crippen LogP contribution in [0.4, 0.5) is 0 Å². The molecule has 0 radical (unpaired) electrons. The van der Waals surface area contributed by atoms with Gasteiger partial charge in [0.25, 0.3) is 5.91 Å². The Hall–Kier alpha value is -2.56. The fraction of sp³-hybridized carbons (Fsp3) is 0.368. The van der Waals surface area contributed by atoms with Crippen molar-refractivity contribution in [3.63, 3.8) is 0 Å². The molecule has 0 bridgehead atoms. The van der Waals surface area contributed by atoms with Crippen molar-refractivity contribution in [3.8, 4) is 5.75 Å². The van der Waals surface area contributed by atoms with E-state index in [0.29, 0.717) is 17.9 Å². The average molecular weight is 327 g/mol. The van der Waals surface area contributed by atoms with Gasteiger partial charge in [0.1, 0.15) is 11.3 Å². The molecular formula is C19H21NO4. The molecule has 5 heteroatoms. The minimum Gasteiger partial charge on any atom is -0.484 e. The molecule has 5 nitrogen and oxygen atoms in total. The molecule has 0 spiro atoms. The van der Waals surface area contributed by atoms with Gasteiger partial charge in [-0.25, -0.2) is 4.79 Å². The number of carbonyl (C=O) groups excluding carboxylic acids is 1. The quantitative estimate of drug-likeness (QED) is 0.653. The van der Waals surface area contributed by atoms with Crippen LogP contribution in [0.2, 0.25) is 0 Å². The first kappa shape index (κ1) is 16.3. The topological polar surface area (TPSA) is 68.5 Å². The number of rotatable bonds is 6. The van der Waals surface area contributed by atoms with Gasteiger partial charge in [0.2, 0.25) is 0 Å². The van der Waals surface area contributed by atoms with Crippen LogP contribution < -0.4 is 15.7 Å². The molecule has 126 valence electrons. The maximum Gasteiger partial charge on any atom is 0.336 e. The Morgan fingerprint density at radius 2 is 2.08 bits per heavy atom. The van der Waals surface area contributed by atoms with E-state index in [0.717, 1.165) is 24.6 Å². The lowest BCUT2D eigenvalue weighted by Gasteiger charge is -2.13. The van der Waals surface area contributed by atoms with E-state index >= 15 is 0 Å². The lowest BCUT2D eigenvalue weighted by Crippen LogP contribution is -2.30. The normalized spacial score (nSPS) is 14.2. The largest absolute Gasteiger partial charge is 0.484 e. The van der Waals surface area contributed by atoms with Crippen molar-refractivity contribution in [1.29, 1.82) is 0 Å². The summed E-state index contributed by atoms with van der Waals surface area (Å²) in [5.74, 6) is 0.350. The molecule has 0 atom stereocenters. The molecule has 1 aliphatic carbocycles. The molecule has 1 amide bonds. The monoisotopic (exact) mass is 327 g/mol. The number of nitrogens with one attached hydrogen (secondary N) is 1. The van der Waals surface area contributed by atoms with Crippen LogP contribution in [-0.4, -0.2) is 19.1 Å². The highest BCUT2D eigenvalue weighted by atomic mass is 16.5. The molecule has 3 rings (SSSR count). The Bertz CT molecular complexity index is 806. The lowest BCUT2D eigenvalue weighted by atomic mass is 9.97. The second-order valence-corrected chi connectivity index (χ2v) is 5.95. The van der Waals surface area contributed by atoms with Crippen LogP contribution in [0.15, 0.2) is 51.2 Å². The van der Waals surface area contributed by atoms with Crippen LogP contribution in [0.3, 0.4) is 0 Å². The molecule has 1 aliphatic rings. The zero-order valence-corrected chi connectivity index (χ0v) is 13.5. The van der Waals surface area contributed by atoms with E-state index < -0.39 is 5.63 Å². The van der Waals surface area contributed by atoms with Gasteiger partial charge in [-0.2, -0.15) is 0 Å². The number of carbonyl (C=O) groups is 1. The Morgan fingerprint density at radius 1 is 1.21 bits per heavy atom. The molecule has 0 saturated carbocycles. The first-order chi connectivity index (χ1) is 11.7. The number of amides is 1. The number of allylic oxidation sites excluding steroid dienone is 1. The smallest absolute Gasteiger partial charge is 0.336 e. The summed E-state index contributed by atoms with van der Waals surface area (Å²) in [4.78, 5) is 23.1. The molecule has 1 N–H and O–H groups in total. The van der Waals surface area contributed by atoms with Crippen molar-refractivity contribution in [1.82, 2.24) is 5.32 Å². The van der Waals surface area contributed by atoms with E-state index in [1.165, 1.54) is 24.5 Å². The standard InChI is InChI=1S/C19H21NO4/c21-18(20-11-10-14-4-2-1-3-5-14)13-23-16-8-6-15-7-9-19(22)24-17(15)12-16/h4,6-9,12H,1-3,5,10-11,13H2,(H,20,21). The molecule has 24 heavy (non-hydrogen) atoms. The molecule has 2 aromatic rings. The highest BCUT2D eigenvalue weighted by Crippen LogP contribution is 2.20. The van der Waals surface area contributed by atoms with Crippen LogP contribution in [0.1, 0.15) is 32.1 Å². The summed E-state index contributed by atoms with van der Waals surface area (Å²) in [5, 5.41) is 3.68. The maximum absolute atomic E-state index is 11.8. The van der Waals surface area contributed by atoms with Gasteiger partial charge >= 0.3 is 5.63 Å². The summed E-state index contributed by atoms with van der Waals surface area (Å²) >= 11 is 0. The first-order valence-electron chi connectivity index (χ1n) is 8.32. The van der Waals surface area contributed by atoms with E-state index in [1.54, 1.807) is 24.3 Å². The fourth-order valence-corrected chi connectivity index (χ4v) is 2.82. The van der Waals surface area contributed by atoms with Crippen LogP contribution in [-0.2, 0) is 4.79 Å². The van der Waals surface area contributed by atoms with Gasteiger partial charge in [0.15, 0.2) is 6.61 Å². The third kappa shape index (κ3) is 4.47. The third-order valence-corrected chi connectivity index (χ3v) is 4.12. The van der Waals surface area contributed by atoms with Gasteiger partial charge in [0, 0.05) is 24.1 Å². The van der Waals surface area contributed by atoms with Gasteiger partial charge in [-0.15, -0.1) is 0 Å². The van der Waals surface area contributed by atoms with Gasteiger partial charge in [-0.05, 0) is 50.3 Å². The van der Waals surface area contributed by atoms with E-state index in [4.69, 9.17) is 9.15 Å². The van der Waals surface area contributed by atoms with Crippen LogP contribution >= 0.6 is 0 Å². The Balaban J connectivity index is 1.47. The zero-order valence-electron chi connectivity index (χ0n) is 13.5. The second kappa shape index (κ2) is 7.81. The van der Waals surface area contributed by atoms with E-state index in [1.807, 2.05) is 0 Å². The Morgan fingerprint density at radius 3 is 2.92 bits per heavy atom. The Kier molecular flexibility index (Phi) is 5.31. The minimum absolute atomic E-state index is 0.0539. The van der Waals surface area contributed by atoms with Crippen molar-refractivity contribution in [3.05, 3.63) is 52.4 Å². The van der Waals surface area contributed by atoms with Crippen LogP contribution in [0.5, 0.6) is 5.75 Å². The van der Waals surface area contributed by atoms with Gasteiger partial charge in [-0.1, -0.05) is 11.6 Å². The first-order valence-corrected chi connectivity index (χ1v) is 8.32. The number of ether oxygens (including phenoxy) is 1. The van der Waals surface area contributed by atoms with Crippen molar-refractivity contribution >= 4 is 16.9 Å². The average Bonchev–Trinajstić information content (AvgIpc) is 2.60. The number of benzene rings is 1. The predicted molar refractivity (Wildman–Crippen MR) is 92.2 cm³/mol. The Labute approximate surface area is 140 Å². The predicted octanol–water partition coefficient (Wildman–Crippen LogP) is 3.18. The summed E-state index contributed by atoms with van der Waals surface area (Å²) in [7, 11) is 0. The summed E-state index contributed by atoms with van der Waals surface area (Å²) in [6.07, 6.45) is 8.03. The molecule has 0 aliphatic heterocycles. The molecular weight excluding hydrogens is 306 g/mol. The van der Waals surface area contributed by atoms with Gasteiger partial charge in [-0.3, -0.25) is 4.79 Å². The molecule has 1 heterocycles. The summed E-state index contributed by atoms with van der Waals surface area (Å²) in [6.45, 7) is 0.586. The molecule has 0 unspecified atom stereocenters. The van der Waals surface area contributed by atoms with Crippen molar-refractivity contribution < 1.29 is 13.9 Å². The van der Waals surface area contributed by atoms with Crippen LogP contribution in [0, 0.1) is 0 Å². The molecule has 1 aromatic carbocycles. The minimum atomic E-state index is -0.408. The number of hydrogen-bond acceptors (Lipinski definition) is 4. The van der Waals surface area contributed by atoms with E-state index in [9.17, 15) is 9.59 Å².